The van der Waals surface area contributed by atoms with Gasteiger partial charge in [0.2, 0.25) is 0 Å². The summed E-state index contributed by atoms with van der Waals surface area (Å²) in [6.45, 7) is 0. The summed E-state index contributed by atoms with van der Waals surface area (Å²) in [5.41, 5.74) is 0. The molecule has 0 aromatic carbocycles. The van der Waals surface area contributed by atoms with E-state index in [1.54, 1.807) is 0 Å². The van der Waals surface area contributed by atoms with Crippen LogP contribution in [0.25, 0.3) is 0 Å². The van der Waals surface area contributed by atoms with Crippen molar-refractivity contribution in [2.24, 2.45) is 0 Å². The van der Waals surface area contributed by atoms with Crippen LogP contribution >= 0.6 is 0 Å². The first kappa shape index (κ1) is 1640. The summed E-state index contributed by atoms with van der Waals surface area (Å²) >= 11 is 0. The average molecular weight is 132 g/mol. The number of rotatable bonds is 0. The summed E-state index contributed by atoms with van der Waals surface area (Å²) in [5.74, 6) is 0. The quantitative estimate of drug-likeness (QED) is 0.227. The van der Waals surface area contributed by atoms with E-state index in [1.807, 2.05) is 0 Å². The van der Waals surface area contributed by atoms with Crippen LogP contribution in [0.15, 0.2) is 0 Å². The summed E-state index contributed by atoms with van der Waals surface area (Å²) in [5, 5.41) is 0. The second kappa shape index (κ2) is 776. The Morgan fingerprint density at radius 2 is 0.400 bits per heavy atom. The molecule has 0 fully saturated rings. The fraction of sp³-hybridized carbons (Fsp3) is 0. The van der Waals surface area contributed by atoms with Crippen LogP contribution in [-0.2, 0) is 17.1 Å². The van der Waals surface area contributed by atoms with Gasteiger partial charge in [0.05, 0.1) is 0 Å². The summed E-state index contributed by atoms with van der Waals surface area (Å²) in [6, 6.07) is 0. The standard InChI is InChI=1S/4FH.Fe/h4*1H;/q;;;;+4/p-4. The zero-order valence-electron chi connectivity index (χ0n) is 1.87. The largest absolute Gasteiger partial charge is 4.00 e. The molecule has 0 saturated carbocycles. The van der Waals surface area contributed by atoms with E-state index in [1.165, 1.54) is 0 Å². The molecule has 0 rings (SSSR count). The molecule has 0 nitrogen and oxygen atoms in total. The average Bonchev–Trinajstić information content (AvgIpc) is 0. The summed E-state index contributed by atoms with van der Waals surface area (Å²) in [7, 11) is 0. The second-order valence-electron chi connectivity index (χ2n) is 0. The molecule has 0 aliphatic heterocycles. The number of hydrogen-bond donors (Lipinski definition) is 0. The van der Waals surface area contributed by atoms with Gasteiger partial charge < -0.3 is 18.8 Å². The minimum atomic E-state index is 0. The van der Waals surface area contributed by atoms with Gasteiger partial charge in [-0.15, -0.1) is 0 Å². The Kier molecular flexibility index (Phi) is 255000. The molecule has 0 bridgehead atoms. The van der Waals surface area contributed by atoms with Crippen LogP contribution < -0.4 is 18.8 Å². The Balaban J connectivity index is 0. The molecule has 0 spiro atoms. The Morgan fingerprint density at radius 3 is 0.400 bits per heavy atom. The van der Waals surface area contributed by atoms with Crippen molar-refractivity contribution in [1.29, 1.82) is 0 Å². The van der Waals surface area contributed by atoms with Gasteiger partial charge in [-0.05, 0) is 0 Å². The molecular formula is F4Fe. The summed E-state index contributed by atoms with van der Waals surface area (Å²) in [6.07, 6.45) is 0. The molecule has 0 aromatic heterocycles. The second-order valence-corrected chi connectivity index (χ2v) is 0. The predicted octanol–water partition coefficient (Wildman–Crippen LogP) is -12.0. The minimum Gasteiger partial charge on any atom is -1.00 e. The van der Waals surface area contributed by atoms with Gasteiger partial charge >= 0.3 is 17.1 Å². The normalized spacial score (nSPS) is 0. The molecule has 0 aliphatic carbocycles. The van der Waals surface area contributed by atoms with E-state index < -0.39 is 0 Å². The van der Waals surface area contributed by atoms with Crippen LogP contribution in [0.5, 0.6) is 0 Å². The first-order chi connectivity index (χ1) is 0. The zero-order chi connectivity index (χ0) is 0. The molecule has 0 saturated heterocycles. The van der Waals surface area contributed by atoms with Crippen LogP contribution in [0.1, 0.15) is 0 Å². The third-order valence-corrected chi connectivity index (χ3v) is 0. The third kappa shape index (κ3) is 371. The fourth-order valence-electron chi connectivity index (χ4n) is 0. The Labute approximate surface area is 36.9 Å². The molecule has 0 unspecified atom stereocenters. The van der Waals surface area contributed by atoms with Crippen molar-refractivity contribution in [2.75, 3.05) is 0 Å². The number of halogens is 4. The molecule has 0 N–H and O–H groups in total. The Bertz CT molecular complexity index is 3.61. The first-order valence-corrected chi connectivity index (χ1v) is 0. The van der Waals surface area contributed by atoms with Crippen LogP contribution in [0.4, 0.5) is 0 Å². The van der Waals surface area contributed by atoms with Crippen molar-refractivity contribution < 1.29 is 35.9 Å². The topological polar surface area (TPSA) is 0 Å². The van der Waals surface area contributed by atoms with Gasteiger partial charge in [-0.2, -0.15) is 0 Å². The van der Waals surface area contributed by atoms with E-state index in [0.29, 0.717) is 0 Å². The van der Waals surface area contributed by atoms with Crippen LogP contribution in [-0.4, -0.2) is 0 Å². The summed E-state index contributed by atoms with van der Waals surface area (Å²) < 4.78 is 0. The Morgan fingerprint density at radius 1 is 0.400 bits per heavy atom. The molecule has 0 heterocycles. The SMILES string of the molecule is [F-].[F-].[F-].[F-].[Fe+4]. The number of hydrogen-bond acceptors (Lipinski definition) is 0. The van der Waals surface area contributed by atoms with Gasteiger partial charge in [0.25, 0.3) is 0 Å². The smallest absolute Gasteiger partial charge is 1.00 e. The van der Waals surface area contributed by atoms with Crippen LogP contribution in [0.2, 0.25) is 0 Å². The molecule has 0 amide bonds. The first-order valence-electron chi connectivity index (χ1n) is 0. The monoisotopic (exact) mass is 132 g/mol. The fourth-order valence-corrected chi connectivity index (χ4v) is 0. The maximum Gasteiger partial charge on any atom is 4.00 e. The zero-order valence-corrected chi connectivity index (χ0v) is 2.97. The van der Waals surface area contributed by atoms with E-state index in [4.69, 9.17) is 0 Å². The Hall–Kier alpha value is 0.239. The minimum absolute atomic E-state index is 0. The van der Waals surface area contributed by atoms with Gasteiger partial charge in [-0.1, -0.05) is 0 Å². The van der Waals surface area contributed by atoms with E-state index in [2.05, 4.69) is 0 Å². The van der Waals surface area contributed by atoms with Gasteiger partial charge in [0.1, 0.15) is 0 Å². The van der Waals surface area contributed by atoms with E-state index >= 15 is 0 Å². The third-order valence-electron chi connectivity index (χ3n) is 0. The van der Waals surface area contributed by atoms with Gasteiger partial charge in [0, 0.05) is 0 Å². The summed E-state index contributed by atoms with van der Waals surface area (Å²) in [4.78, 5) is 0. The van der Waals surface area contributed by atoms with E-state index in [9.17, 15) is 0 Å². The van der Waals surface area contributed by atoms with Gasteiger partial charge in [0.15, 0.2) is 0 Å². The maximum absolute atomic E-state index is 0. The van der Waals surface area contributed by atoms with Crippen molar-refractivity contribution in [3.8, 4) is 0 Å². The van der Waals surface area contributed by atoms with Crippen molar-refractivity contribution in [3.63, 3.8) is 0 Å². The van der Waals surface area contributed by atoms with Crippen molar-refractivity contribution >= 4 is 0 Å². The van der Waals surface area contributed by atoms with Crippen LogP contribution in [0, 0.1) is 0 Å². The van der Waals surface area contributed by atoms with Crippen molar-refractivity contribution in [3.05, 3.63) is 0 Å². The van der Waals surface area contributed by atoms with E-state index in [-0.39, 0.29) is 35.9 Å². The van der Waals surface area contributed by atoms with E-state index in [0.717, 1.165) is 0 Å². The van der Waals surface area contributed by atoms with Crippen LogP contribution in [0.3, 0.4) is 0 Å². The molecule has 0 aliphatic rings. The molecule has 0 radical (unpaired) electrons. The molecule has 5 heteroatoms. The van der Waals surface area contributed by atoms with Gasteiger partial charge in [-0.3, -0.25) is 0 Å². The van der Waals surface area contributed by atoms with Crippen molar-refractivity contribution in [1.82, 2.24) is 0 Å². The molecule has 5 heavy (non-hydrogen) atoms. The predicted molar refractivity (Wildman–Crippen MR) is 0 cm³/mol. The maximum atomic E-state index is 0. The molecule has 0 aromatic rings. The van der Waals surface area contributed by atoms with Crippen molar-refractivity contribution in [2.45, 2.75) is 0 Å². The molecular weight excluding hydrogens is 132 g/mol. The molecule has 36 valence electrons. The molecule has 0 atom stereocenters. The van der Waals surface area contributed by atoms with Gasteiger partial charge in [-0.25, -0.2) is 0 Å².